The number of azide groups is 1. The monoisotopic (exact) mass is 210 g/mol. The number of nitrogens with one attached hydrogen (secondary N) is 1. The predicted molar refractivity (Wildman–Crippen MR) is 53.6 cm³/mol. The van der Waals surface area contributed by atoms with Gasteiger partial charge in [-0.05, 0) is 23.7 Å². The van der Waals surface area contributed by atoms with Crippen molar-refractivity contribution in [2.45, 2.75) is 0 Å². The second-order valence-electron chi connectivity index (χ2n) is 2.43. The highest BCUT2D eigenvalue weighted by atomic mass is 35.5. The third kappa shape index (κ3) is 2.16. The number of rotatable bonds is 2. The van der Waals surface area contributed by atoms with Crippen LogP contribution in [0.25, 0.3) is 10.4 Å². The van der Waals surface area contributed by atoms with E-state index in [0.29, 0.717) is 10.6 Å². The molecular weight excluding hydrogens is 204 g/mol. The maximum atomic E-state index is 11.2. The molecule has 0 aliphatic carbocycles. The molecular formula is C8H7ClN4O. The van der Waals surface area contributed by atoms with Crippen LogP contribution in [0, 0.1) is 0 Å². The van der Waals surface area contributed by atoms with Gasteiger partial charge in [0.25, 0.3) is 5.91 Å². The van der Waals surface area contributed by atoms with Gasteiger partial charge in [-0.25, -0.2) is 0 Å². The number of carbonyl (C=O) groups is 1. The first kappa shape index (κ1) is 10.4. The normalized spacial score (nSPS) is 9.00. The van der Waals surface area contributed by atoms with Crippen molar-refractivity contribution < 1.29 is 4.79 Å². The van der Waals surface area contributed by atoms with E-state index in [2.05, 4.69) is 15.3 Å². The lowest BCUT2D eigenvalue weighted by atomic mass is 10.2. The van der Waals surface area contributed by atoms with Crippen molar-refractivity contribution in [2.75, 3.05) is 7.05 Å². The lowest BCUT2D eigenvalue weighted by Crippen LogP contribution is -2.17. The standard InChI is InChI=1S/C8H7ClN4O/c1-11-8(14)5-2-3-6(9)7(4-5)12-13-10/h2-4H,1H3,(H,11,14). The summed E-state index contributed by atoms with van der Waals surface area (Å²) in [6.45, 7) is 0. The van der Waals surface area contributed by atoms with Crippen molar-refractivity contribution in [1.29, 1.82) is 0 Å². The average molecular weight is 211 g/mol. The zero-order valence-electron chi connectivity index (χ0n) is 7.36. The first-order chi connectivity index (χ1) is 6.69. The molecule has 0 unspecified atom stereocenters. The van der Waals surface area contributed by atoms with Crippen LogP contribution in [0.3, 0.4) is 0 Å². The van der Waals surface area contributed by atoms with Crippen LogP contribution in [-0.4, -0.2) is 13.0 Å². The molecule has 1 aromatic rings. The summed E-state index contributed by atoms with van der Waals surface area (Å²) in [5.74, 6) is -0.254. The number of carbonyl (C=O) groups excluding carboxylic acids is 1. The third-order valence-corrected chi connectivity index (χ3v) is 1.91. The van der Waals surface area contributed by atoms with Crippen LogP contribution in [0.1, 0.15) is 10.4 Å². The van der Waals surface area contributed by atoms with Gasteiger partial charge < -0.3 is 5.32 Å². The van der Waals surface area contributed by atoms with Gasteiger partial charge in [0.15, 0.2) is 0 Å². The summed E-state index contributed by atoms with van der Waals surface area (Å²) in [4.78, 5) is 13.8. The van der Waals surface area contributed by atoms with Gasteiger partial charge in [-0.2, -0.15) is 0 Å². The predicted octanol–water partition coefficient (Wildman–Crippen LogP) is 2.64. The fourth-order valence-corrected chi connectivity index (χ4v) is 1.08. The molecule has 0 aromatic heterocycles. The quantitative estimate of drug-likeness (QED) is 0.455. The second kappa shape index (κ2) is 4.50. The van der Waals surface area contributed by atoms with Crippen LogP contribution >= 0.6 is 11.6 Å². The smallest absolute Gasteiger partial charge is 0.251 e. The lowest BCUT2D eigenvalue weighted by Gasteiger charge is -2.01. The van der Waals surface area contributed by atoms with Gasteiger partial charge in [0.05, 0.1) is 10.7 Å². The van der Waals surface area contributed by atoms with Gasteiger partial charge in [-0.1, -0.05) is 16.7 Å². The topological polar surface area (TPSA) is 77.9 Å². The molecule has 0 bridgehead atoms. The number of hydrogen-bond donors (Lipinski definition) is 1. The summed E-state index contributed by atoms with van der Waals surface area (Å²) in [7, 11) is 1.52. The SMILES string of the molecule is CNC(=O)c1ccc(Cl)c(N=[N+]=[N-])c1. The Morgan fingerprint density at radius 1 is 1.64 bits per heavy atom. The molecule has 14 heavy (non-hydrogen) atoms. The maximum Gasteiger partial charge on any atom is 0.251 e. The summed E-state index contributed by atoms with van der Waals surface area (Å²) >= 11 is 5.73. The summed E-state index contributed by atoms with van der Waals surface area (Å²) in [6, 6.07) is 4.49. The summed E-state index contributed by atoms with van der Waals surface area (Å²) in [6.07, 6.45) is 0. The molecule has 0 radical (unpaired) electrons. The highest BCUT2D eigenvalue weighted by molar-refractivity contribution is 6.33. The minimum atomic E-state index is -0.254. The average Bonchev–Trinajstić information content (AvgIpc) is 2.20. The Kier molecular flexibility index (Phi) is 3.34. The highest BCUT2D eigenvalue weighted by Gasteiger charge is 2.05. The zero-order chi connectivity index (χ0) is 10.6. The molecule has 5 nitrogen and oxygen atoms in total. The van der Waals surface area contributed by atoms with Crippen LogP contribution in [0.2, 0.25) is 5.02 Å². The molecule has 0 saturated carbocycles. The van der Waals surface area contributed by atoms with Crippen LogP contribution in [0.15, 0.2) is 23.3 Å². The molecule has 0 aliphatic rings. The number of halogens is 1. The fraction of sp³-hybridized carbons (Fsp3) is 0.125. The Hall–Kier alpha value is -1.71. The molecule has 0 fully saturated rings. The minimum absolute atomic E-state index is 0.246. The van der Waals surface area contributed by atoms with E-state index in [1.54, 1.807) is 6.07 Å². The molecule has 6 heteroatoms. The number of benzene rings is 1. The van der Waals surface area contributed by atoms with E-state index < -0.39 is 0 Å². The molecule has 0 spiro atoms. The Morgan fingerprint density at radius 3 is 2.93 bits per heavy atom. The van der Waals surface area contributed by atoms with E-state index in [4.69, 9.17) is 17.1 Å². The van der Waals surface area contributed by atoms with Gasteiger partial charge >= 0.3 is 0 Å². The zero-order valence-corrected chi connectivity index (χ0v) is 8.12. The van der Waals surface area contributed by atoms with E-state index in [1.165, 1.54) is 19.2 Å². The molecule has 1 amide bonds. The Morgan fingerprint density at radius 2 is 2.36 bits per heavy atom. The van der Waals surface area contributed by atoms with E-state index in [1.807, 2.05) is 0 Å². The highest BCUT2D eigenvalue weighted by Crippen LogP contribution is 2.25. The van der Waals surface area contributed by atoms with Gasteiger partial charge in [0, 0.05) is 17.5 Å². The van der Waals surface area contributed by atoms with Crippen molar-refractivity contribution in [3.05, 3.63) is 39.2 Å². The van der Waals surface area contributed by atoms with Crippen molar-refractivity contribution in [3.63, 3.8) is 0 Å². The van der Waals surface area contributed by atoms with Crippen LogP contribution in [-0.2, 0) is 0 Å². The van der Waals surface area contributed by atoms with Gasteiger partial charge in [-0.15, -0.1) is 0 Å². The van der Waals surface area contributed by atoms with Crippen molar-refractivity contribution in [2.24, 2.45) is 5.11 Å². The molecule has 72 valence electrons. The summed E-state index contributed by atoms with van der Waals surface area (Å²) in [5.41, 5.74) is 8.88. The fourth-order valence-electron chi connectivity index (χ4n) is 0.923. The van der Waals surface area contributed by atoms with Crippen LogP contribution in [0.5, 0.6) is 0 Å². The van der Waals surface area contributed by atoms with E-state index >= 15 is 0 Å². The van der Waals surface area contributed by atoms with Crippen molar-refractivity contribution >= 4 is 23.2 Å². The summed E-state index contributed by atoms with van der Waals surface area (Å²) < 4.78 is 0. The first-order valence-corrected chi connectivity index (χ1v) is 4.13. The van der Waals surface area contributed by atoms with E-state index in [0.717, 1.165) is 0 Å². The Bertz CT molecular complexity index is 412. The molecule has 0 atom stereocenters. The Balaban J connectivity index is 3.18. The van der Waals surface area contributed by atoms with Crippen molar-refractivity contribution in [1.82, 2.24) is 5.32 Å². The molecule has 0 saturated heterocycles. The van der Waals surface area contributed by atoms with Gasteiger partial charge in [0.1, 0.15) is 0 Å². The minimum Gasteiger partial charge on any atom is -0.355 e. The molecule has 1 aromatic carbocycles. The van der Waals surface area contributed by atoms with Crippen LogP contribution < -0.4 is 5.32 Å². The molecule has 0 aliphatic heterocycles. The van der Waals surface area contributed by atoms with Gasteiger partial charge in [0.2, 0.25) is 0 Å². The number of hydrogen-bond acceptors (Lipinski definition) is 2. The molecule has 1 rings (SSSR count). The first-order valence-electron chi connectivity index (χ1n) is 3.75. The second-order valence-corrected chi connectivity index (χ2v) is 2.84. The largest absolute Gasteiger partial charge is 0.355 e. The lowest BCUT2D eigenvalue weighted by molar-refractivity contribution is 0.0963. The number of amides is 1. The van der Waals surface area contributed by atoms with Gasteiger partial charge in [-0.3, -0.25) is 4.79 Å². The van der Waals surface area contributed by atoms with E-state index in [-0.39, 0.29) is 11.6 Å². The summed E-state index contributed by atoms with van der Waals surface area (Å²) in [5, 5.41) is 6.12. The molecule has 0 heterocycles. The maximum absolute atomic E-state index is 11.2. The van der Waals surface area contributed by atoms with Crippen LogP contribution in [0.4, 0.5) is 5.69 Å². The third-order valence-electron chi connectivity index (χ3n) is 1.59. The Labute approximate surface area is 85.3 Å². The van der Waals surface area contributed by atoms with E-state index in [9.17, 15) is 4.79 Å². The molecule has 1 N–H and O–H groups in total. The number of nitrogens with zero attached hydrogens (tertiary/aromatic N) is 3. The van der Waals surface area contributed by atoms with Crippen molar-refractivity contribution in [3.8, 4) is 0 Å².